The van der Waals surface area contributed by atoms with Gasteiger partial charge in [0, 0.05) is 12.3 Å². The van der Waals surface area contributed by atoms with Gasteiger partial charge in [-0.05, 0) is 0 Å². The van der Waals surface area contributed by atoms with Crippen LogP contribution in [0.2, 0.25) is 0 Å². The second-order valence-electron chi connectivity index (χ2n) is 3.91. The van der Waals surface area contributed by atoms with Crippen molar-refractivity contribution < 1.29 is 22.1 Å². The maximum atomic E-state index is 14.7. The molecule has 2 heterocycles. The fourth-order valence-corrected chi connectivity index (χ4v) is 1.82. The zero-order valence-electron chi connectivity index (χ0n) is 11.4. The Kier molecular flexibility index (Phi) is 2.66. The van der Waals surface area contributed by atoms with Crippen molar-refractivity contribution >= 4 is 0 Å². The van der Waals surface area contributed by atoms with E-state index in [0.717, 1.165) is 12.3 Å². The normalized spacial score (nSPS) is 36.4. The van der Waals surface area contributed by atoms with Crippen molar-refractivity contribution in [2.24, 2.45) is 0 Å². The van der Waals surface area contributed by atoms with Crippen LogP contribution >= 0.6 is 0 Å². The number of nitrogens with zero attached hydrogens (tertiary/aromatic N) is 1. The number of aromatic nitrogens is 2. The largest absolute Gasteiger partial charge is 0.394 e. The smallest absolute Gasteiger partial charge is 0.330 e. The van der Waals surface area contributed by atoms with Gasteiger partial charge < -0.3 is 14.9 Å². The van der Waals surface area contributed by atoms with Gasteiger partial charge in [-0.15, -0.1) is 6.42 Å². The second kappa shape index (κ2) is 4.62. The second-order valence-corrected chi connectivity index (χ2v) is 3.91. The topological polar surface area (TPSA) is 105 Å². The molecule has 1 unspecified atom stereocenters. The summed E-state index contributed by atoms with van der Waals surface area (Å²) in [5.74, 6) is 1.61. The summed E-state index contributed by atoms with van der Waals surface area (Å²) in [6.07, 6.45) is -0.233. The lowest BCUT2D eigenvalue weighted by Crippen LogP contribution is -2.44. The summed E-state index contributed by atoms with van der Waals surface area (Å²) < 4.78 is 34.4. The number of hydrogen-bond donors (Lipinski definition) is 3. The van der Waals surface area contributed by atoms with Crippen molar-refractivity contribution in [3.05, 3.63) is 33.1 Å². The lowest BCUT2D eigenvalue weighted by atomic mass is 9.97. The van der Waals surface area contributed by atoms with E-state index in [4.69, 9.17) is 13.9 Å². The van der Waals surface area contributed by atoms with Gasteiger partial charge >= 0.3 is 5.69 Å². The van der Waals surface area contributed by atoms with E-state index < -0.39 is 41.9 Å². The fraction of sp³-hybridized carbons (Fsp3) is 0.455. The number of aromatic amines is 1. The summed E-state index contributed by atoms with van der Waals surface area (Å²) in [6.45, 7) is -3.09. The van der Waals surface area contributed by atoms with E-state index in [9.17, 15) is 24.2 Å². The molecule has 1 fully saturated rings. The van der Waals surface area contributed by atoms with Gasteiger partial charge in [-0.25, -0.2) is 9.18 Å². The van der Waals surface area contributed by atoms with Crippen LogP contribution in [0.15, 0.2) is 21.9 Å². The van der Waals surface area contributed by atoms with E-state index >= 15 is 0 Å². The molecule has 1 aliphatic heterocycles. The standard InChI is InChI=1S/C11H11FN2O5/c1-2-11(12)8(17)6(5-15)19-9(11)14-4-3-7(16)13-10(14)18/h1,3-4,6,8-9,15,17H,5H2,(H,13,16,18)/t6-,8?,9-,11-/m1/s1/i5D2. The van der Waals surface area contributed by atoms with Crippen LogP contribution in [0.4, 0.5) is 4.39 Å². The minimum absolute atomic E-state index is 0.566. The van der Waals surface area contributed by atoms with Crippen molar-refractivity contribution in [3.63, 3.8) is 0 Å². The highest BCUT2D eigenvalue weighted by Crippen LogP contribution is 2.40. The Hall–Kier alpha value is -1.95. The molecule has 0 amide bonds. The molecule has 2 rings (SSSR count). The number of nitrogens with one attached hydrogen (secondary N) is 1. The predicted octanol–water partition coefficient (Wildman–Crippen LogP) is -1.87. The number of aliphatic hydroxyl groups excluding tert-OH is 1. The van der Waals surface area contributed by atoms with Gasteiger partial charge in [0.2, 0.25) is 5.67 Å². The Morgan fingerprint density at radius 3 is 2.95 bits per heavy atom. The molecule has 4 atom stereocenters. The molecule has 1 saturated heterocycles. The highest BCUT2D eigenvalue weighted by Gasteiger charge is 2.57. The third-order valence-corrected chi connectivity index (χ3v) is 2.80. The zero-order chi connectivity index (χ0) is 16.0. The van der Waals surface area contributed by atoms with Crippen LogP contribution in [0, 0.1) is 12.3 Å². The minimum Gasteiger partial charge on any atom is -0.394 e. The highest BCUT2D eigenvalue weighted by molar-refractivity contribution is 5.19. The van der Waals surface area contributed by atoms with Crippen molar-refractivity contribution in [2.75, 3.05) is 6.56 Å². The first-order valence-electron chi connectivity index (χ1n) is 6.15. The lowest BCUT2D eigenvalue weighted by molar-refractivity contribution is -0.0543. The number of aliphatic hydroxyl groups is 2. The van der Waals surface area contributed by atoms with Crippen molar-refractivity contribution in [1.29, 1.82) is 0 Å². The summed E-state index contributed by atoms with van der Waals surface area (Å²) in [5, 5.41) is 19.1. The number of alkyl halides is 1. The summed E-state index contributed by atoms with van der Waals surface area (Å²) in [7, 11) is 0. The van der Waals surface area contributed by atoms with E-state index in [2.05, 4.69) is 0 Å². The summed E-state index contributed by atoms with van der Waals surface area (Å²) in [6, 6.07) is 0.898. The average molecular weight is 272 g/mol. The van der Waals surface area contributed by atoms with Gasteiger partial charge in [0.1, 0.15) is 12.2 Å². The van der Waals surface area contributed by atoms with E-state index in [1.165, 1.54) is 0 Å². The fourth-order valence-electron chi connectivity index (χ4n) is 1.82. The Labute approximate surface area is 109 Å². The molecule has 0 spiro atoms. The van der Waals surface area contributed by atoms with Crippen LogP contribution in [0.5, 0.6) is 0 Å². The van der Waals surface area contributed by atoms with Crippen molar-refractivity contribution in [2.45, 2.75) is 24.1 Å². The number of ether oxygens (including phenoxy) is 1. The van der Waals surface area contributed by atoms with Gasteiger partial charge in [0.15, 0.2) is 6.23 Å². The minimum atomic E-state index is -3.09. The van der Waals surface area contributed by atoms with Gasteiger partial charge in [-0.2, -0.15) is 0 Å². The van der Waals surface area contributed by atoms with Gasteiger partial charge in [-0.1, -0.05) is 5.92 Å². The molecular weight excluding hydrogens is 259 g/mol. The Morgan fingerprint density at radius 1 is 1.74 bits per heavy atom. The SMILES string of the molecule is [2H]C([2H])(O)[C@H]1O[C@@H](n2ccc(=O)[nH]c2=O)[C@@](F)(C#C)C1O. The van der Waals surface area contributed by atoms with Crippen LogP contribution in [0.1, 0.15) is 8.97 Å². The number of hydrogen-bond acceptors (Lipinski definition) is 5. The molecular formula is C11H11FN2O5. The first-order chi connectivity index (χ1) is 9.61. The lowest BCUT2D eigenvalue weighted by Gasteiger charge is -2.23. The number of H-pyrrole nitrogens is 1. The van der Waals surface area contributed by atoms with E-state index in [1.807, 2.05) is 4.98 Å². The Balaban J connectivity index is 2.55. The van der Waals surface area contributed by atoms with Gasteiger partial charge in [0.05, 0.1) is 9.30 Å². The molecule has 8 heteroatoms. The molecule has 0 bridgehead atoms. The first kappa shape index (κ1) is 10.9. The predicted molar refractivity (Wildman–Crippen MR) is 61.0 cm³/mol. The maximum absolute atomic E-state index is 14.7. The third kappa shape index (κ3) is 1.98. The Morgan fingerprint density at radius 2 is 2.42 bits per heavy atom. The quantitative estimate of drug-likeness (QED) is 0.547. The average Bonchev–Trinajstić information content (AvgIpc) is 2.63. The van der Waals surface area contributed by atoms with Gasteiger partial charge in [-0.3, -0.25) is 14.3 Å². The molecule has 0 aliphatic carbocycles. The third-order valence-electron chi connectivity index (χ3n) is 2.80. The zero-order valence-corrected chi connectivity index (χ0v) is 9.41. The molecule has 0 radical (unpaired) electrons. The number of halogens is 1. The molecule has 0 aromatic carbocycles. The molecule has 1 aliphatic rings. The van der Waals surface area contributed by atoms with Gasteiger partial charge in [0.25, 0.3) is 5.56 Å². The van der Waals surface area contributed by atoms with E-state index in [1.54, 1.807) is 5.92 Å². The number of terminal acetylenes is 1. The molecule has 1 aromatic heterocycles. The van der Waals surface area contributed by atoms with Crippen LogP contribution in [0.25, 0.3) is 0 Å². The van der Waals surface area contributed by atoms with E-state index in [-0.39, 0.29) is 0 Å². The van der Waals surface area contributed by atoms with Crippen molar-refractivity contribution in [1.82, 2.24) is 9.55 Å². The summed E-state index contributed by atoms with van der Waals surface area (Å²) in [4.78, 5) is 24.5. The van der Waals surface area contributed by atoms with Crippen LogP contribution < -0.4 is 11.2 Å². The molecule has 3 N–H and O–H groups in total. The van der Waals surface area contributed by atoms with Crippen LogP contribution in [-0.4, -0.2) is 44.2 Å². The number of rotatable bonds is 2. The Bertz CT molecular complexity index is 706. The highest BCUT2D eigenvalue weighted by atomic mass is 19.1. The summed E-state index contributed by atoms with van der Waals surface area (Å²) in [5.41, 5.74) is -4.77. The maximum Gasteiger partial charge on any atom is 0.330 e. The monoisotopic (exact) mass is 272 g/mol. The van der Waals surface area contributed by atoms with Crippen LogP contribution in [-0.2, 0) is 4.74 Å². The molecule has 7 nitrogen and oxygen atoms in total. The van der Waals surface area contributed by atoms with Crippen molar-refractivity contribution in [3.8, 4) is 12.3 Å². The molecule has 102 valence electrons. The molecule has 1 aromatic rings. The van der Waals surface area contributed by atoms with Crippen LogP contribution in [0.3, 0.4) is 0 Å². The van der Waals surface area contributed by atoms with E-state index in [0.29, 0.717) is 4.57 Å². The first-order valence-corrected chi connectivity index (χ1v) is 5.15. The molecule has 0 saturated carbocycles. The summed E-state index contributed by atoms with van der Waals surface area (Å²) >= 11 is 0. The molecule has 19 heavy (non-hydrogen) atoms.